The van der Waals surface area contributed by atoms with Gasteiger partial charge in [0.1, 0.15) is 0 Å². The van der Waals surface area contributed by atoms with Crippen LogP contribution in [0.3, 0.4) is 0 Å². The van der Waals surface area contributed by atoms with Crippen molar-refractivity contribution in [2.24, 2.45) is 11.1 Å². The molecule has 2 nitrogen and oxygen atoms in total. The van der Waals surface area contributed by atoms with Crippen molar-refractivity contribution in [2.45, 2.75) is 31.8 Å². The predicted molar refractivity (Wildman–Crippen MR) is 69.1 cm³/mol. The van der Waals surface area contributed by atoms with Crippen molar-refractivity contribution in [3.05, 3.63) is 34.3 Å². The van der Waals surface area contributed by atoms with E-state index < -0.39 is 6.10 Å². The maximum absolute atomic E-state index is 10.5. The van der Waals surface area contributed by atoms with Crippen LogP contribution in [0.25, 0.3) is 0 Å². The molecule has 0 aromatic heterocycles. The van der Waals surface area contributed by atoms with Crippen LogP contribution in [0.15, 0.2) is 28.7 Å². The standard InChI is InChI=1S/C13H18BrNO/c14-11-5-3-4-10(8-11)12(16)13(9-15)6-1-2-7-13/h3-5,8,12,16H,1-2,6-7,9,15H2. The molecule has 0 heterocycles. The lowest BCUT2D eigenvalue weighted by Gasteiger charge is -2.33. The van der Waals surface area contributed by atoms with E-state index in [1.165, 1.54) is 12.8 Å². The van der Waals surface area contributed by atoms with Crippen molar-refractivity contribution >= 4 is 15.9 Å². The maximum atomic E-state index is 10.5. The molecule has 1 aliphatic carbocycles. The average Bonchev–Trinajstić information content (AvgIpc) is 2.78. The van der Waals surface area contributed by atoms with Crippen molar-refractivity contribution in [2.75, 3.05) is 6.54 Å². The molecule has 3 N–H and O–H groups in total. The SMILES string of the molecule is NCC1(C(O)c2cccc(Br)c2)CCCC1. The van der Waals surface area contributed by atoms with E-state index in [9.17, 15) is 5.11 Å². The quantitative estimate of drug-likeness (QED) is 0.896. The number of rotatable bonds is 3. The van der Waals surface area contributed by atoms with Crippen molar-refractivity contribution in [3.63, 3.8) is 0 Å². The molecule has 88 valence electrons. The van der Waals surface area contributed by atoms with Crippen LogP contribution in [0.1, 0.15) is 37.4 Å². The first kappa shape index (κ1) is 12.1. The molecule has 3 heteroatoms. The molecule has 0 aliphatic heterocycles. The van der Waals surface area contributed by atoms with Crippen LogP contribution < -0.4 is 5.73 Å². The molecule has 0 saturated heterocycles. The summed E-state index contributed by atoms with van der Waals surface area (Å²) in [5.41, 5.74) is 6.75. The van der Waals surface area contributed by atoms with Crippen molar-refractivity contribution < 1.29 is 5.11 Å². The molecule has 0 amide bonds. The van der Waals surface area contributed by atoms with E-state index in [0.29, 0.717) is 6.54 Å². The maximum Gasteiger partial charge on any atom is 0.0858 e. The zero-order valence-electron chi connectivity index (χ0n) is 9.32. The van der Waals surface area contributed by atoms with Gasteiger partial charge in [0, 0.05) is 16.4 Å². The molecule has 1 aliphatic rings. The van der Waals surface area contributed by atoms with Gasteiger partial charge < -0.3 is 10.8 Å². The second-order valence-electron chi connectivity index (χ2n) is 4.73. The normalized spacial score (nSPS) is 20.9. The highest BCUT2D eigenvalue weighted by atomic mass is 79.9. The first-order chi connectivity index (χ1) is 7.68. The van der Waals surface area contributed by atoms with Crippen molar-refractivity contribution in [1.29, 1.82) is 0 Å². The summed E-state index contributed by atoms with van der Waals surface area (Å²) in [5.74, 6) is 0. The van der Waals surface area contributed by atoms with E-state index >= 15 is 0 Å². The summed E-state index contributed by atoms with van der Waals surface area (Å²) in [6.07, 6.45) is 4.01. The number of benzene rings is 1. The molecule has 1 fully saturated rings. The summed E-state index contributed by atoms with van der Waals surface area (Å²) < 4.78 is 1.01. The van der Waals surface area contributed by atoms with E-state index in [0.717, 1.165) is 22.9 Å². The Morgan fingerprint density at radius 2 is 2.06 bits per heavy atom. The van der Waals surface area contributed by atoms with Gasteiger partial charge in [0.15, 0.2) is 0 Å². The summed E-state index contributed by atoms with van der Waals surface area (Å²) in [4.78, 5) is 0. The van der Waals surface area contributed by atoms with E-state index in [1.807, 2.05) is 24.3 Å². The van der Waals surface area contributed by atoms with Gasteiger partial charge in [0.2, 0.25) is 0 Å². The van der Waals surface area contributed by atoms with Crippen LogP contribution in [0.4, 0.5) is 0 Å². The second kappa shape index (κ2) is 4.86. The Morgan fingerprint density at radius 3 is 2.62 bits per heavy atom. The Bertz CT molecular complexity index is 361. The molecule has 1 aromatic rings. The third-order valence-electron chi connectivity index (χ3n) is 3.75. The van der Waals surface area contributed by atoms with Gasteiger partial charge in [-0.25, -0.2) is 0 Å². The van der Waals surface area contributed by atoms with Crippen molar-refractivity contribution in [3.8, 4) is 0 Å². The second-order valence-corrected chi connectivity index (χ2v) is 5.65. The van der Waals surface area contributed by atoms with Gasteiger partial charge in [-0.05, 0) is 30.5 Å². The van der Waals surface area contributed by atoms with Gasteiger partial charge in [-0.2, -0.15) is 0 Å². The van der Waals surface area contributed by atoms with Crippen molar-refractivity contribution in [1.82, 2.24) is 0 Å². The summed E-state index contributed by atoms with van der Waals surface area (Å²) in [5, 5.41) is 10.5. The molecular weight excluding hydrogens is 266 g/mol. The topological polar surface area (TPSA) is 46.2 Å². The van der Waals surface area contributed by atoms with E-state index in [-0.39, 0.29) is 5.41 Å². The Kier molecular flexibility index (Phi) is 3.67. The fraction of sp³-hybridized carbons (Fsp3) is 0.538. The van der Waals surface area contributed by atoms with E-state index in [4.69, 9.17) is 5.73 Å². The summed E-state index contributed by atoms with van der Waals surface area (Å²) in [7, 11) is 0. The van der Waals surface area contributed by atoms with E-state index in [2.05, 4.69) is 15.9 Å². The minimum Gasteiger partial charge on any atom is -0.388 e. The third kappa shape index (κ3) is 2.17. The van der Waals surface area contributed by atoms with Crippen LogP contribution in [0.5, 0.6) is 0 Å². The highest BCUT2D eigenvalue weighted by molar-refractivity contribution is 9.10. The first-order valence-corrected chi connectivity index (χ1v) is 6.61. The minimum atomic E-state index is -0.433. The third-order valence-corrected chi connectivity index (χ3v) is 4.24. The van der Waals surface area contributed by atoms with Gasteiger partial charge in [-0.3, -0.25) is 0 Å². The largest absolute Gasteiger partial charge is 0.388 e. The molecule has 16 heavy (non-hydrogen) atoms. The van der Waals surface area contributed by atoms with Crippen LogP contribution in [0, 0.1) is 5.41 Å². The number of nitrogens with two attached hydrogens (primary N) is 1. The predicted octanol–water partition coefficient (Wildman–Crippen LogP) is 3.00. The van der Waals surface area contributed by atoms with Gasteiger partial charge in [-0.15, -0.1) is 0 Å². The summed E-state index contributed by atoms with van der Waals surface area (Å²) in [6.45, 7) is 0.570. The van der Waals surface area contributed by atoms with Crippen LogP contribution in [0.2, 0.25) is 0 Å². The van der Waals surface area contributed by atoms with Crippen LogP contribution in [-0.4, -0.2) is 11.7 Å². The smallest absolute Gasteiger partial charge is 0.0858 e. The van der Waals surface area contributed by atoms with Gasteiger partial charge in [-0.1, -0.05) is 40.9 Å². The number of aliphatic hydroxyl groups is 1. The Labute approximate surface area is 105 Å². The Hall–Kier alpha value is -0.380. The highest BCUT2D eigenvalue weighted by Crippen LogP contribution is 2.46. The zero-order chi connectivity index (χ0) is 11.6. The van der Waals surface area contributed by atoms with Gasteiger partial charge in [0.05, 0.1) is 6.10 Å². The van der Waals surface area contributed by atoms with Gasteiger partial charge in [0.25, 0.3) is 0 Å². The Balaban J connectivity index is 2.26. The number of halogens is 1. The Morgan fingerprint density at radius 1 is 1.38 bits per heavy atom. The average molecular weight is 284 g/mol. The summed E-state index contributed by atoms with van der Waals surface area (Å²) in [6, 6.07) is 7.90. The molecule has 1 unspecified atom stereocenters. The molecule has 1 atom stereocenters. The number of hydrogen-bond acceptors (Lipinski definition) is 2. The lowest BCUT2D eigenvalue weighted by molar-refractivity contribution is 0.0333. The number of aliphatic hydroxyl groups excluding tert-OH is 1. The summed E-state index contributed by atoms with van der Waals surface area (Å²) >= 11 is 3.44. The number of hydrogen-bond donors (Lipinski definition) is 2. The molecule has 1 saturated carbocycles. The molecule has 1 aromatic carbocycles. The van der Waals surface area contributed by atoms with E-state index in [1.54, 1.807) is 0 Å². The molecule has 2 rings (SSSR count). The van der Waals surface area contributed by atoms with Crippen LogP contribution >= 0.6 is 15.9 Å². The molecule has 0 bridgehead atoms. The van der Waals surface area contributed by atoms with Crippen LogP contribution in [-0.2, 0) is 0 Å². The zero-order valence-corrected chi connectivity index (χ0v) is 10.9. The fourth-order valence-corrected chi connectivity index (χ4v) is 3.12. The fourth-order valence-electron chi connectivity index (χ4n) is 2.70. The monoisotopic (exact) mass is 283 g/mol. The minimum absolute atomic E-state index is 0.0964. The first-order valence-electron chi connectivity index (χ1n) is 5.81. The highest BCUT2D eigenvalue weighted by Gasteiger charge is 2.40. The van der Waals surface area contributed by atoms with Gasteiger partial charge >= 0.3 is 0 Å². The lowest BCUT2D eigenvalue weighted by Crippen LogP contribution is -2.34. The molecular formula is C13H18BrNO. The lowest BCUT2D eigenvalue weighted by atomic mass is 9.77. The molecule has 0 radical (unpaired) electrons. The molecule has 0 spiro atoms.